The molecule has 0 atom stereocenters. The van der Waals surface area contributed by atoms with Crippen LogP contribution in [0.4, 0.5) is 4.39 Å². The summed E-state index contributed by atoms with van der Waals surface area (Å²) in [7, 11) is 1.55. The van der Waals surface area contributed by atoms with Crippen LogP contribution in [-0.2, 0) is 15.7 Å². The average Bonchev–Trinajstić information content (AvgIpc) is 2.36. The Morgan fingerprint density at radius 2 is 1.80 bits per heavy atom. The first kappa shape index (κ1) is 14.8. The fourth-order valence-electron chi connectivity index (χ4n) is 1.73. The number of benzene rings is 2. The minimum Gasteiger partial charge on any atom is -0.489 e. The van der Waals surface area contributed by atoms with Crippen LogP contribution in [0.1, 0.15) is 11.1 Å². The first-order valence-electron chi connectivity index (χ1n) is 5.79. The summed E-state index contributed by atoms with van der Waals surface area (Å²) in [5, 5.41) is 0. The van der Waals surface area contributed by atoms with Crippen molar-refractivity contribution in [3.05, 3.63) is 59.4 Å². The molecule has 0 heterocycles. The van der Waals surface area contributed by atoms with Crippen LogP contribution in [-0.4, -0.2) is 8.42 Å². The number of ether oxygens (including phenoxy) is 1. The number of halogens is 2. The highest BCUT2D eigenvalue weighted by Crippen LogP contribution is 2.24. The Kier molecular flexibility index (Phi) is 4.30. The first-order valence-corrected chi connectivity index (χ1v) is 8.10. The maximum absolute atomic E-state index is 12.7. The van der Waals surface area contributed by atoms with Crippen molar-refractivity contribution in [2.45, 2.75) is 18.4 Å². The molecule has 2 aromatic rings. The molecule has 0 spiro atoms. The van der Waals surface area contributed by atoms with E-state index in [9.17, 15) is 12.8 Å². The van der Waals surface area contributed by atoms with Crippen molar-refractivity contribution in [3.63, 3.8) is 0 Å². The van der Waals surface area contributed by atoms with E-state index in [-0.39, 0.29) is 17.3 Å². The maximum Gasteiger partial charge on any atom is 0.261 e. The molecule has 0 aromatic heterocycles. The lowest BCUT2D eigenvalue weighted by Gasteiger charge is -2.09. The number of hydrogen-bond donors (Lipinski definition) is 0. The van der Waals surface area contributed by atoms with E-state index in [0.717, 1.165) is 5.56 Å². The van der Waals surface area contributed by atoms with Gasteiger partial charge in [-0.25, -0.2) is 12.8 Å². The van der Waals surface area contributed by atoms with Crippen molar-refractivity contribution >= 4 is 19.7 Å². The van der Waals surface area contributed by atoms with E-state index in [1.165, 1.54) is 24.3 Å². The molecule has 0 saturated heterocycles. The van der Waals surface area contributed by atoms with Gasteiger partial charge in [-0.15, -0.1) is 0 Å². The highest BCUT2D eigenvalue weighted by atomic mass is 35.7. The Morgan fingerprint density at radius 1 is 1.15 bits per heavy atom. The maximum atomic E-state index is 12.7. The van der Waals surface area contributed by atoms with Crippen molar-refractivity contribution in [1.29, 1.82) is 0 Å². The Bertz CT molecular complexity index is 712. The smallest absolute Gasteiger partial charge is 0.261 e. The van der Waals surface area contributed by atoms with Crippen LogP contribution in [0.5, 0.6) is 5.75 Å². The van der Waals surface area contributed by atoms with E-state index >= 15 is 0 Å². The first-order chi connectivity index (χ1) is 9.36. The summed E-state index contributed by atoms with van der Waals surface area (Å²) < 4.78 is 40.8. The van der Waals surface area contributed by atoms with Gasteiger partial charge in [0.15, 0.2) is 0 Å². The minimum atomic E-state index is -3.75. The molecule has 0 N–H and O–H groups in total. The Labute approximate surface area is 121 Å². The number of aryl methyl sites for hydroxylation is 1. The summed E-state index contributed by atoms with van der Waals surface area (Å²) in [5.74, 6) is 0.220. The number of rotatable bonds is 4. The largest absolute Gasteiger partial charge is 0.489 e. The molecule has 2 rings (SSSR count). The van der Waals surface area contributed by atoms with Gasteiger partial charge in [0, 0.05) is 10.7 Å². The number of hydrogen-bond acceptors (Lipinski definition) is 3. The predicted octanol–water partition coefficient (Wildman–Crippen LogP) is 3.64. The lowest BCUT2D eigenvalue weighted by atomic mass is 10.2. The Hall–Kier alpha value is -1.59. The molecular weight excluding hydrogens is 303 g/mol. The van der Waals surface area contributed by atoms with E-state index in [4.69, 9.17) is 15.4 Å². The highest BCUT2D eigenvalue weighted by Gasteiger charge is 2.13. The van der Waals surface area contributed by atoms with E-state index < -0.39 is 9.05 Å². The van der Waals surface area contributed by atoms with Gasteiger partial charge in [0.2, 0.25) is 0 Å². The molecule has 0 aliphatic carbocycles. The molecule has 106 valence electrons. The van der Waals surface area contributed by atoms with Crippen LogP contribution in [0.2, 0.25) is 0 Å². The van der Waals surface area contributed by atoms with Crippen LogP contribution >= 0.6 is 10.7 Å². The van der Waals surface area contributed by atoms with Gasteiger partial charge in [0.1, 0.15) is 18.2 Å². The molecule has 0 aliphatic rings. The van der Waals surface area contributed by atoms with Crippen molar-refractivity contribution in [1.82, 2.24) is 0 Å². The fourth-order valence-corrected chi connectivity index (χ4v) is 2.93. The van der Waals surface area contributed by atoms with Crippen LogP contribution in [0.3, 0.4) is 0 Å². The third-order valence-electron chi connectivity index (χ3n) is 2.73. The molecule has 0 saturated carbocycles. The van der Waals surface area contributed by atoms with Crippen molar-refractivity contribution in [2.75, 3.05) is 0 Å². The second-order valence-corrected chi connectivity index (χ2v) is 6.81. The third-order valence-corrected chi connectivity index (χ3v) is 4.21. The second-order valence-electron chi connectivity index (χ2n) is 4.28. The van der Waals surface area contributed by atoms with Gasteiger partial charge in [0.05, 0.1) is 4.90 Å². The van der Waals surface area contributed by atoms with Crippen LogP contribution < -0.4 is 4.74 Å². The molecule has 0 amide bonds. The molecule has 0 bridgehead atoms. The standard InChI is InChI=1S/C14H12ClFO3S/c1-10-8-13(6-7-14(10)20(15,17)18)19-9-11-2-4-12(16)5-3-11/h2-8H,9H2,1H3. The molecule has 6 heteroatoms. The third kappa shape index (κ3) is 3.71. The Morgan fingerprint density at radius 3 is 2.35 bits per heavy atom. The zero-order chi connectivity index (χ0) is 14.8. The second kappa shape index (κ2) is 5.81. The molecule has 20 heavy (non-hydrogen) atoms. The van der Waals surface area contributed by atoms with Crippen molar-refractivity contribution in [3.8, 4) is 5.75 Å². The molecular formula is C14H12ClFO3S. The van der Waals surface area contributed by atoms with Gasteiger partial charge >= 0.3 is 0 Å². The lowest BCUT2D eigenvalue weighted by molar-refractivity contribution is 0.305. The van der Waals surface area contributed by atoms with E-state index in [1.54, 1.807) is 25.1 Å². The van der Waals surface area contributed by atoms with Gasteiger partial charge in [-0.05, 0) is 48.4 Å². The zero-order valence-electron chi connectivity index (χ0n) is 10.6. The van der Waals surface area contributed by atoms with E-state index in [0.29, 0.717) is 11.3 Å². The molecule has 0 aliphatic heterocycles. The SMILES string of the molecule is Cc1cc(OCc2ccc(F)cc2)ccc1S(=O)(=O)Cl. The van der Waals surface area contributed by atoms with Gasteiger partial charge < -0.3 is 4.74 Å². The normalized spacial score (nSPS) is 11.3. The summed E-state index contributed by atoms with van der Waals surface area (Å²) in [6, 6.07) is 10.5. The summed E-state index contributed by atoms with van der Waals surface area (Å²) in [5.41, 5.74) is 1.33. The summed E-state index contributed by atoms with van der Waals surface area (Å²) in [4.78, 5) is 0.0632. The molecule has 0 radical (unpaired) electrons. The predicted molar refractivity (Wildman–Crippen MR) is 74.9 cm³/mol. The van der Waals surface area contributed by atoms with Gasteiger partial charge in [0.25, 0.3) is 9.05 Å². The average molecular weight is 315 g/mol. The minimum absolute atomic E-state index is 0.0632. The van der Waals surface area contributed by atoms with Crippen molar-refractivity contribution in [2.24, 2.45) is 0 Å². The quantitative estimate of drug-likeness (QED) is 0.809. The monoisotopic (exact) mass is 314 g/mol. The zero-order valence-corrected chi connectivity index (χ0v) is 12.2. The molecule has 0 unspecified atom stereocenters. The molecule has 2 aromatic carbocycles. The highest BCUT2D eigenvalue weighted by molar-refractivity contribution is 8.13. The van der Waals surface area contributed by atoms with Crippen LogP contribution in [0.25, 0.3) is 0 Å². The fraction of sp³-hybridized carbons (Fsp3) is 0.143. The summed E-state index contributed by atoms with van der Waals surface area (Å²) >= 11 is 0. The van der Waals surface area contributed by atoms with E-state index in [1.807, 2.05) is 0 Å². The van der Waals surface area contributed by atoms with Crippen molar-refractivity contribution < 1.29 is 17.5 Å². The van der Waals surface area contributed by atoms with Crippen LogP contribution in [0.15, 0.2) is 47.4 Å². The van der Waals surface area contributed by atoms with Crippen LogP contribution in [0, 0.1) is 12.7 Å². The summed E-state index contributed by atoms with van der Waals surface area (Å²) in [6.45, 7) is 1.91. The van der Waals surface area contributed by atoms with Gasteiger partial charge in [-0.1, -0.05) is 12.1 Å². The Balaban J connectivity index is 2.11. The van der Waals surface area contributed by atoms with Gasteiger partial charge in [-0.3, -0.25) is 0 Å². The van der Waals surface area contributed by atoms with Gasteiger partial charge in [-0.2, -0.15) is 0 Å². The molecule has 3 nitrogen and oxygen atoms in total. The summed E-state index contributed by atoms with van der Waals surface area (Å²) in [6.07, 6.45) is 0. The lowest BCUT2D eigenvalue weighted by Crippen LogP contribution is -1.98. The van der Waals surface area contributed by atoms with E-state index in [2.05, 4.69) is 0 Å². The topological polar surface area (TPSA) is 43.4 Å². The molecule has 0 fully saturated rings.